The van der Waals surface area contributed by atoms with Crippen molar-refractivity contribution < 1.29 is 0 Å². The van der Waals surface area contributed by atoms with Crippen molar-refractivity contribution in [1.29, 1.82) is 0 Å². The first-order valence-corrected chi connectivity index (χ1v) is 7.20. The van der Waals surface area contributed by atoms with Gasteiger partial charge in [-0.1, -0.05) is 6.92 Å². The van der Waals surface area contributed by atoms with Gasteiger partial charge >= 0.3 is 0 Å². The van der Waals surface area contributed by atoms with Crippen LogP contribution >= 0.6 is 0 Å². The molecule has 108 valence electrons. The Morgan fingerprint density at radius 2 is 2.00 bits per heavy atom. The molecule has 0 saturated carbocycles. The van der Waals surface area contributed by atoms with Crippen LogP contribution in [0.4, 0.5) is 5.69 Å². The maximum Gasteiger partial charge on any atom is 0.0647 e. The Morgan fingerprint density at radius 3 is 2.71 bits per heavy atom. The van der Waals surface area contributed by atoms with Crippen LogP contribution in [0, 0.1) is 0 Å². The molecule has 0 saturated heterocycles. The Labute approximate surface area is 124 Å². The third kappa shape index (κ3) is 3.31. The molecular formula is C16H19N5. The Hall–Kier alpha value is -2.56. The highest BCUT2D eigenvalue weighted by Crippen LogP contribution is 2.13. The number of nitrogens with zero attached hydrogens (tertiary/aromatic N) is 4. The summed E-state index contributed by atoms with van der Waals surface area (Å²) in [6, 6.07) is 10.1. The first-order valence-electron chi connectivity index (χ1n) is 7.20. The topological polar surface area (TPSA) is 47.7 Å². The van der Waals surface area contributed by atoms with Gasteiger partial charge in [0.2, 0.25) is 0 Å². The van der Waals surface area contributed by atoms with E-state index in [1.807, 2.05) is 27.8 Å². The van der Waals surface area contributed by atoms with Crippen molar-refractivity contribution in [3.05, 3.63) is 60.7 Å². The standard InChI is InChI=1S/C16H19N5/c1-2-9-20-13-14(12-19-20)11-17-15-4-6-16(7-5-15)21-10-3-8-18-21/h3-8,10,12-13,17H,2,9,11H2,1H3. The predicted octanol–water partition coefficient (Wildman–Crippen LogP) is 3.09. The van der Waals surface area contributed by atoms with E-state index in [1.54, 1.807) is 6.20 Å². The van der Waals surface area contributed by atoms with Gasteiger partial charge in [-0.25, -0.2) is 4.68 Å². The Morgan fingerprint density at radius 1 is 1.14 bits per heavy atom. The Bertz CT molecular complexity index is 667. The fraction of sp³-hybridized carbons (Fsp3) is 0.250. The molecule has 0 bridgehead atoms. The van der Waals surface area contributed by atoms with Crippen LogP contribution in [-0.2, 0) is 13.1 Å². The number of hydrogen-bond donors (Lipinski definition) is 1. The molecule has 0 aliphatic heterocycles. The third-order valence-electron chi connectivity index (χ3n) is 3.27. The Kier molecular flexibility index (Phi) is 4.00. The minimum absolute atomic E-state index is 0.783. The van der Waals surface area contributed by atoms with Crippen LogP contribution in [0.2, 0.25) is 0 Å². The summed E-state index contributed by atoms with van der Waals surface area (Å²) in [7, 11) is 0. The number of rotatable bonds is 6. The number of anilines is 1. The van der Waals surface area contributed by atoms with E-state index in [-0.39, 0.29) is 0 Å². The first kappa shape index (κ1) is 13.4. The van der Waals surface area contributed by atoms with E-state index < -0.39 is 0 Å². The second kappa shape index (κ2) is 6.26. The highest BCUT2D eigenvalue weighted by molar-refractivity contribution is 5.48. The lowest BCUT2D eigenvalue weighted by Crippen LogP contribution is -2.00. The smallest absolute Gasteiger partial charge is 0.0647 e. The molecule has 2 aromatic heterocycles. The van der Waals surface area contributed by atoms with Crippen molar-refractivity contribution in [2.24, 2.45) is 0 Å². The van der Waals surface area contributed by atoms with E-state index in [1.165, 1.54) is 5.56 Å². The average molecular weight is 281 g/mol. The fourth-order valence-corrected chi connectivity index (χ4v) is 2.21. The van der Waals surface area contributed by atoms with E-state index >= 15 is 0 Å². The molecule has 0 amide bonds. The van der Waals surface area contributed by atoms with Crippen LogP contribution in [0.5, 0.6) is 0 Å². The molecule has 5 nitrogen and oxygen atoms in total. The summed E-state index contributed by atoms with van der Waals surface area (Å²) in [5.41, 5.74) is 3.34. The molecule has 0 fully saturated rings. The molecular weight excluding hydrogens is 262 g/mol. The molecule has 5 heteroatoms. The summed E-state index contributed by atoms with van der Waals surface area (Å²) in [6.45, 7) is 3.91. The van der Waals surface area contributed by atoms with E-state index in [0.717, 1.165) is 30.9 Å². The van der Waals surface area contributed by atoms with Crippen molar-refractivity contribution in [2.45, 2.75) is 26.4 Å². The molecule has 0 unspecified atom stereocenters. The average Bonchev–Trinajstić information content (AvgIpc) is 3.18. The van der Waals surface area contributed by atoms with Crippen molar-refractivity contribution in [2.75, 3.05) is 5.32 Å². The molecule has 21 heavy (non-hydrogen) atoms. The molecule has 2 heterocycles. The Balaban J connectivity index is 1.60. The van der Waals surface area contributed by atoms with Gasteiger partial charge in [0.1, 0.15) is 0 Å². The van der Waals surface area contributed by atoms with Gasteiger partial charge in [-0.05, 0) is 36.8 Å². The van der Waals surface area contributed by atoms with Crippen molar-refractivity contribution in [1.82, 2.24) is 19.6 Å². The van der Waals surface area contributed by atoms with Gasteiger partial charge in [-0.3, -0.25) is 4.68 Å². The zero-order valence-corrected chi connectivity index (χ0v) is 12.1. The highest BCUT2D eigenvalue weighted by Gasteiger charge is 2.00. The SMILES string of the molecule is CCCn1cc(CNc2ccc(-n3cccn3)cc2)cn1. The lowest BCUT2D eigenvalue weighted by Gasteiger charge is -2.06. The van der Waals surface area contributed by atoms with Crippen LogP contribution in [0.15, 0.2) is 55.1 Å². The number of aromatic nitrogens is 4. The van der Waals surface area contributed by atoms with Crippen LogP contribution in [0.1, 0.15) is 18.9 Å². The van der Waals surface area contributed by atoms with E-state index in [0.29, 0.717) is 0 Å². The predicted molar refractivity (Wildman–Crippen MR) is 83.4 cm³/mol. The number of aryl methyl sites for hydroxylation is 1. The number of hydrogen-bond acceptors (Lipinski definition) is 3. The summed E-state index contributed by atoms with van der Waals surface area (Å²) in [4.78, 5) is 0. The molecule has 3 rings (SSSR count). The molecule has 0 spiro atoms. The molecule has 1 aromatic carbocycles. The second-order valence-corrected chi connectivity index (χ2v) is 4.96. The second-order valence-electron chi connectivity index (χ2n) is 4.96. The summed E-state index contributed by atoms with van der Waals surface area (Å²) < 4.78 is 3.83. The van der Waals surface area contributed by atoms with Gasteiger partial charge < -0.3 is 5.32 Å². The van der Waals surface area contributed by atoms with E-state index in [9.17, 15) is 0 Å². The molecule has 0 radical (unpaired) electrons. The van der Waals surface area contributed by atoms with Crippen molar-refractivity contribution in [3.63, 3.8) is 0 Å². The molecule has 0 atom stereocenters. The van der Waals surface area contributed by atoms with Crippen molar-refractivity contribution >= 4 is 5.69 Å². The quantitative estimate of drug-likeness (QED) is 0.755. The van der Waals surface area contributed by atoms with Crippen LogP contribution in [0.25, 0.3) is 5.69 Å². The zero-order valence-electron chi connectivity index (χ0n) is 12.1. The van der Waals surface area contributed by atoms with Crippen molar-refractivity contribution in [3.8, 4) is 5.69 Å². The highest BCUT2D eigenvalue weighted by atomic mass is 15.3. The van der Waals surface area contributed by atoms with E-state index in [4.69, 9.17) is 0 Å². The monoisotopic (exact) mass is 281 g/mol. The zero-order chi connectivity index (χ0) is 14.5. The first-order chi connectivity index (χ1) is 10.3. The van der Waals surface area contributed by atoms with Gasteiger partial charge in [-0.15, -0.1) is 0 Å². The van der Waals surface area contributed by atoms with Crippen LogP contribution in [-0.4, -0.2) is 19.6 Å². The lowest BCUT2D eigenvalue weighted by atomic mass is 10.2. The summed E-state index contributed by atoms with van der Waals surface area (Å²) in [5, 5.41) is 12.0. The summed E-state index contributed by atoms with van der Waals surface area (Å²) in [6.07, 6.45) is 8.82. The lowest BCUT2D eigenvalue weighted by molar-refractivity contribution is 0.602. The minimum atomic E-state index is 0.783. The molecule has 1 N–H and O–H groups in total. The van der Waals surface area contributed by atoms with E-state index in [2.05, 4.69) is 52.9 Å². The van der Waals surface area contributed by atoms with Gasteiger partial charge in [0.15, 0.2) is 0 Å². The maximum atomic E-state index is 4.33. The van der Waals surface area contributed by atoms with Gasteiger partial charge in [-0.2, -0.15) is 10.2 Å². The third-order valence-corrected chi connectivity index (χ3v) is 3.27. The van der Waals surface area contributed by atoms with Gasteiger partial charge in [0.25, 0.3) is 0 Å². The number of benzene rings is 1. The van der Waals surface area contributed by atoms with Crippen LogP contribution < -0.4 is 5.32 Å². The summed E-state index contributed by atoms with van der Waals surface area (Å²) >= 11 is 0. The summed E-state index contributed by atoms with van der Waals surface area (Å²) in [5.74, 6) is 0. The number of nitrogens with one attached hydrogen (secondary N) is 1. The minimum Gasteiger partial charge on any atom is -0.381 e. The molecule has 0 aliphatic carbocycles. The normalized spacial score (nSPS) is 10.7. The maximum absolute atomic E-state index is 4.33. The van der Waals surface area contributed by atoms with Gasteiger partial charge in [0.05, 0.1) is 11.9 Å². The molecule has 0 aliphatic rings. The van der Waals surface area contributed by atoms with Crippen LogP contribution in [0.3, 0.4) is 0 Å². The van der Waals surface area contributed by atoms with Gasteiger partial charge in [0, 0.05) is 42.9 Å². The largest absolute Gasteiger partial charge is 0.381 e. The fourth-order valence-electron chi connectivity index (χ4n) is 2.21. The molecule has 3 aromatic rings.